The van der Waals surface area contributed by atoms with E-state index in [1.54, 1.807) is 0 Å². The van der Waals surface area contributed by atoms with Crippen molar-refractivity contribution < 1.29 is 8.85 Å². The van der Waals surface area contributed by atoms with Crippen molar-refractivity contribution in [2.45, 2.75) is 41.5 Å². The van der Waals surface area contributed by atoms with E-state index in [1.165, 1.54) is 32.6 Å². The first kappa shape index (κ1) is 17.9. The summed E-state index contributed by atoms with van der Waals surface area (Å²) in [7, 11) is -2.68. The Morgan fingerprint density at radius 3 is 1.39 bits per heavy atom. The van der Waals surface area contributed by atoms with Crippen LogP contribution in [0.2, 0.25) is 0 Å². The fraction of sp³-hybridized carbons (Fsp3) is 0.400. The average molecular weight is 329 g/mol. The number of aryl methyl sites for hydroxylation is 4. The molecule has 0 aliphatic heterocycles. The van der Waals surface area contributed by atoms with E-state index >= 15 is 0 Å². The molecule has 23 heavy (non-hydrogen) atoms. The third-order valence-electron chi connectivity index (χ3n) is 4.17. The Labute approximate surface area is 141 Å². The van der Waals surface area contributed by atoms with Crippen LogP contribution in [0.1, 0.15) is 36.1 Å². The van der Waals surface area contributed by atoms with Crippen LogP contribution in [0.4, 0.5) is 0 Å². The summed E-state index contributed by atoms with van der Waals surface area (Å²) in [4.78, 5) is 0. The van der Waals surface area contributed by atoms with Crippen molar-refractivity contribution in [3.63, 3.8) is 0 Å². The highest BCUT2D eigenvalue weighted by Gasteiger charge is 2.44. The van der Waals surface area contributed by atoms with Crippen LogP contribution < -0.4 is 10.4 Å². The molecule has 2 aromatic rings. The van der Waals surface area contributed by atoms with Gasteiger partial charge in [0, 0.05) is 23.6 Å². The summed E-state index contributed by atoms with van der Waals surface area (Å²) in [5.41, 5.74) is 5.03. The van der Waals surface area contributed by atoms with Crippen molar-refractivity contribution in [1.29, 1.82) is 0 Å². The summed E-state index contributed by atoms with van der Waals surface area (Å²) in [6.45, 7) is 14.0. The minimum Gasteiger partial charge on any atom is -0.388 e. The van der Waals surface area contributed by atoms with E-state index in [2.05, 4.69) is 64.1 Å². The number of hydrogen-bond acceptors (Lipinski definition) is 2. The highest BCUT2D eigenvalue weighted by atomic mass is 28.4. The summed E-state index contributed by atoms with van der Waals surface area (Å²) < 4.78 is 12.8. The molecule has 0 heterocycles. The molecule has 0 saturated carbocycles. The van der Waals surface area contributed by atoms with Gasteiger partial charge in [0.2, 0.25) is 0 Å². The van der Waals surface area contributed by atoms with Crippen molar-refractivity contribution in [1.82, 2.24) is 0 Å². The third-order valence-corrected chi connectivity index (χ3v) is 8.10. The molecule has 0 amide bonds. The molecule has 0 atom stereocenters. The SMILES string of the molecule is CCO[Si](OCC)(c1ccc(C)cc1C)c1ccc(C)cc1C. The van der Waals surface area contributed by atoms with Crippen molar-refractivity contribution in [3.05, 3.63) is 58.7 Å². The second-order valence-electron chi connectivity index (χ2n) is 6.12. The van der Waals surface area contributed by atoms with Gasteiger partial charge in [-0.3, -0.25) is 0 Å². The first-order chi connectivity index (χ1) is 10.9. The molecule has 2 aromatic carbocycles. The lowest BCUT2D eigenvalue weighted by Gasteiger charge is -2.33. The van der Waals surface area contributed by atoms with Gasteiger partial charge >= 0.3 is 8.56 Å². The largest absolute Gasteiger partial charge is 0.407 e. The fourth-order valence-corrected chi connectivity index (χ4v) is 6.87. The van der Waals surface area contributed by atoms with Gasteiger partial charge in [0.05, 0.1) is 0 Å². The first-order valence-electron chi connectivity index (χ1n) is 8.38. The van der Waals surface area contributed by atoms with E-state index < -0.39 is 8.56 Å². The van der Waals surface area contributed by atoms with E-state index in [0.29, 0.717) is 13.2 Å². The molecule has 0 aromatic heterocycles. The zero-order chi connectivity index (χ0) is 17.0. The van der Waals surface area contributed by atoms with Gasteiger partial charge in [-0.05, 0) is 52.7 Å². The monoisotopic (exact) mass is 328 g/mol. The first-order valence-corrected chi connectivity index (χ1v) is 10.2. The zero-order valence-electron chi connectivity index (χ0n) is 15.2. The number of benzene rings is 2. The molecule has 0 saturated heterocycles. The molecule has 0 N–H and O–H groups in total. The van der Waals surface area contributed by atoms with Crippen LogP contribution in [0, 0.1) is 27.7 Å². The minimum absolute atomic E-state index is 0.646. The fourth-order valence-electron chi connectivity index (χ4n) is 3.27. The molecule has 0 spiro atoms. The van der Waals surface area contributed by atoms with E-state index in [9.17, 15) is 0 Å². The van der Waals surface area contributed by atoms with Crippen LogP contribution in [0.15, 0.2) is 36.4 Å². The van der Waals surface area contributed by atoms with Gasteiger partial charge in [0.25, 0.3) is 0 Å². The van der Waals surface area contributed by atoms with Crippen molar-refractivity contribution >= 4 is 18.9 Å². The second kappa shape index (κ2) is 7.43. The topological polar surface area (TPSA) is 18.5 Å². The Morgan fingerprint density at radius 1 is 0.696 bits per heavy atom. The Hall–Kier alpha value is -1.42. The summed E-state index contributed by atoms with van der Waals surface area (Å²) in [5.74, 6) is 0. The van der Waals surface area contributed by atoms with E-state index in [0.717, 1.165) is 0 Å². The summed E-state index contributed by atoms with van der Waals surface area (Å²) in [6, 6.07) is 13.2. The number of rotatable bonds is 6. The Balaban J connectivity index is 2.73. The highest BCUT2D eigenvalue weighted by molar-refractivity contribution is 6.93. The third kappa shape index (κ3) is 3.57. The molecule has 0 radical (unpaired) electrons. The van der Waals surface area contributed by atoms with Crippen LogP contribution in [0.25, 0.3) is 0 Å². The van der Waals surface area contributed by atoms with Crippen molar-refractivity contribution in [2.24, 2.45) is 0 Å². The van der Waals surface area contributed by atoms with E-state index in [-0.39, 0.29) is 0 Å². The molecule has 0 fully saturated rings. The molecule has 3 heteroatoms. The second-order valence-corrected chi connectivity index (χ2v) is 9.01. The molecule has 0 unspecified atom stereocenters. The maximum atomic E-state index is 6.40. The van der Waals surface area contributed by atoms with Crippen molar-refractivity contribution in [2.75, 3.05) is 13.2 Å². The molecule has 124 valence electrons. The van der Waals surface area contributed by atoms with E-state index in [4.69, 9.17) is 8.85 Å². The lowest BCUT2D eigenvalue weighted by atomic mass is 10.1. The van der Waals surface area contributed by atoms with Crippen LogP contribution >= 0.6 is 0 Å². The van der Waals surface area contributed by atoms with Crippen molar-refractivity contribution in [3.8, 4) is 0 Å². The average Bonchev–Trinajstić information content (AvgIpc) is 2.47. The molecule has 0 aliphatic rings. The van der Waals surface area contributed by atoms with Gasteiger partial charge in [0.15, 0.2) is 0 Å². The van der Waals surface area contributed by atoms with Gasteiger partial charge in [-0.15, -0.1) is 0 Å². The summed E-state index contributed by atoms with van der Waals surface area (Å²) in [6.07, 6.45) is 0. The van der Waals surface area contributed by atoms with Crippen LogP contribution in [-0.4, -0.2) is 21.8 Å². The van der Waals surface area contributed by atoms with Crippen LogP contribution in [-0.2, 0) is 8.85 Å². The zero-order valence-corrected chi connectivity index (χ0v) is 16.2. The molecular formula is C20H28O2Si. The van der Waals surface area contributed by atoms with Gasteiger partial charge in [0.1, 0.15) is 0 Å². The quantitative estimate of drug-likeness (QED) is 0.755. The standard InChI is InChI=1S/C20H28O2Si/c1-7-21-23(22-8-2,19-11-9-15(3)13-17(19)5)20-12-10-16(4)14-18(20)6/h9-14H,7-8H2,1-6H3. The van der Waals surface area contributed by atoms with Gasteiger partial charge in [-0.25, -0.2) is 0 Å². The lowest BCUT2D eigenvalue weighted by Crippen LogP contribution is -2.65. The Morgan fingerprint density at radius 2 is 1.09 bits per heavy atom. The molecule has 2 rings (SSSR count). The van der Waals surface area contributed by atoms with Crippen LogP contribution in [0.3, 0.4) is 0 Å². The maximum absolute atomic E-state index is 6.40. The van der Waals surface area contributed by atoms with Gasteiger partial charge in [-0.1, -0.05) is 47.5 Å². The minimum atomic E-state index is -2.68. The van der Waals surface area contributed by atoms with Crippen LogP contribution in [0.5, 0.6) is 0 Å². The van der Waals surface area contributed by atoms with Gasteiger partial charge in [-0.2, -0.15) is 0 Å². The normalized spacial score (nSPS) is 11.7. The predicted octanol–water partition coefficient (Wildman–Crippen LogP) is 3.55. The molecular weight excluding hydrogens is 300 g/mol. The molecule has 0 bridgehead atoms. The van der Waals surface area contributed by atoms with Gasteiger partial charge < -0.3 is 8.85 Å². The van der Waals surface area contributed by atoms with E-state index in [1.807, 2.05) is 13.8 Å². The Bertz CT molecular complexity index is 620. The Kier molecular flexibility index (Phi) is 5.79. The maximum Gasteiger partial charge on any atom is 0.407 e. The predicted molar refractivity (Wildman–Crippen MR) is 100 cm³/mol. The molecule has 0 aliphatic carbocycles. The highest BCUT2D eigenvalue weighted by Crippen LogP contribution is 2.16. The summed E-state index contributed by atoms with van der Waals surface area (Å²) in [5, 5.41) is 2.44. The molecule has 2 nitrogen and oxygen atoms in total. The number of hydrogen-bond donors (Lipinski definition) is 0. The lowest BCUT2D eigenvalue weighted by molar-refractivity contribution is 0.208. The summed E-state index contributed by atoms with van der Waals surface area (Å²) >= 11 is 0. The smallest absolute Gasteiger partial charge is 0.388 e.